The summed E-state index contributed by atoms with van der Waals surface area (Å²) in [6.45, 7) is 0. The van der Waals surface area contributed by atoms with Gasteiger partial charge in [-0.05, 0) is 12.2 Å². The monoisotopic (exact) mass is 237 g/mol. The molecule has 0 atom stereocenters. The molecule has 0 fully saturated rings. The van der Waals surface area contributed by atoms with Crippen molar-refractivity contribution in [2.24, 2.45) is 0 Å². The Morgan fingerprint density at radius 3 is 2.62 bits per heavy atom. The molecular formula is C10H11N3O2S. The maximum Gasteiger partial charge on any atom is 0.182 e. The van der Waals surface area contributed by atoms with Gasteiger partial charge in [0.2, 0.25) is 0 Å². The number of aromatic amines is 1. The molecule has 0 saturated heterocycles. The predicted molar refractivity (Wildman–Crippen MR) is 61.9 cm³/mol. The lowest BCUT2D eigenvalue weighted by atomic mass is 10.4. The quantitative estimate of drug-likeness (QED) is 0.829. The van der Waals surface area contributed by atoms with Crippen molar-refractivity contribution < 1.29 is 9.47 Å². The highest BCUT2D eigenvalue weighted by Crippen LogP contribution is 2.27. The first-order valence-electron chi connectivity index (χ1n) is 4.60. The first-order valence-corrected chi connectivity index (χ1v) is 5.01. The summed E-state index contributed by atoms with van der Waals surface area (Å²) in [6.07, 6.45) is 5.15. The van der Waals surface area contributed by atoms with Gasteiger partial charge in [0.05, 0.1) is 20.4 Å². The van der Waals surface area contributed by atoms with Gasteiger partial charge < -0.3 is 14.5 Å². The molecule has 0 aliphatic heterocycles. The molecule has 2 heterocycles. The Morgan fingerprint density at radius 2 is 2.06 bits per heavy atom. The number of aromatic nitrogens is 3. The van der Waals surface area contributed by atoms with Gasteiger partial charge in [0, 0.05) is 18.5 Å². The van der Waals surface area contributed by atoms with E-state index in [9.17, 15) is 0 Å². The van der Waals surface area contributed by atoms with Crippen LogP contribution in [0.2, 0.25) is 0 Å². The van der Waals surface area contributed by atoms with Crippen LogP contribution in [-0.2, 0) is 0 Å². The zero-order valence-corrected chi connectivity index (χ0v) is 9.75. The Balaban J connectivity index is 2.52. The highest BCUT2D eigenvalue weighted by molar-refractivity contribution is 7.71. The summed E-state index contributed by atoms with van der Waals surface area (Å²) in [5.74, 6) is 1.90. The van der Waals surface area contributed by atoms with Gasteiger partial charge in [-0.15, -0.1) is 0 Å². The van der Waals surface area contributed by atoms with Crippen LogP contribution in [0.5, 0.6) is 11.5 Å². The van der Waals surface area contributed by atoms with E-state index in [0.29, 0.717) is 22.1 Å². The number of ether oxygens (including phenoxy) is 2. The van der Waals surface area contributed by atoms with Crippen molar-refractivity contribution in [3.8, 4) is 17.3 Å². The van der Waals surface area contributed by atoms with Gasteiger partial charge in [-0.2, -0.15) is 0 Å². The standard InChI is InChI=1S/C10H11N3O2S/c1-14-7-5-9(12-6-8(7)15-2)13-4-3-11-10(13)16/h3-6H,1-2H3,(H,11,16). The van der Waals surface area contributed by atoms with Crippen molar-refractivity contribution >= 4 is 12.2 Å². The lowest BCUT2D eigenvalue weighted by molar-refractivity contribution is 0.353. The highest BCUT2D eigenvalue weighted by Gasteiger charge is 2.07. The molecule has 0 aromatic carbocycles. The number of hydrogen-bond donors (Lipinski definition) is 1. The fraction of sp³-hybridized carbons (Fsp3) is 0.200. The molecule has 1 N–H and O–H groups in total. The van der Waals surface area contributed by atoms with E-state index in [2.05, 4.69) is 9.97 Å². The molecule has 0 unspecified atom stereocenters. The largest absolute Gasteiger partial charge is 0.493 e. The van der Waals surface area contributed by atoms with Crippen LogP contribution in [0.25, 0.3) is 5.82 Å². The fourth-order valence-corrected chi connectivity index (χ4v) is 1.58. The number of pyridine rings is 1. The Hall–Kier alpha value is -1.82. The molecule has 0 aliphatic carbocycles. The molecule has 16 heavy (non-hydrogen) atoms. The molecule has 0 saturated carbocycles. The van der Waals surface area contributed by atoms with Crippen LogP contribution >= 0.6 is 12.2 Å². The van der Waals surface area contributed by atoms with Crippen molar-refractivity contribution in [2.45, 2.75) is 0 Å². The summed E-state index contributed by atoms with van der Waals surface area (Å²) < 4.78 is 12.6. The number of H-pyrrole nitrogens is 1. The van der Waals surface area contributed by atoms with Crippen LogP contribution in [0.3, 0.4) is 0 Å². The van der Waals surface area contributed by atoms with E-state index < -0.39 is 0 Å². The fourth-order valence-electron chi connectivity index (χ4n) is 1.36. The third kappa shape index (κ3) is 1.79. The molecule has 0 aliphatic rings. The molecule has 2 aromatic rings. The van der Waals surface area contributed by atoms with E-state index >= 15 is 0 Å². The second kappa shape index (κ2) is 4.36. The average Bonchev–Trinajstić information content (AvgIpc) is 2.74. The Morgan fingerprint density at radius 1 is 1.31 bits per heavy atom. The van der Waals surface area contributed by atoms with Crippen molar-refractivity contribution in [3.63, 3.8) is 0 Å². The summed E-state index contributed by atoms with van der Waals surface area (Å²) in [4.78, 5) is 7.13. The summed E-state index contributed by atoms with van der Waals surface area (Å²) >= 11 is 5.10. The molecule has 6 heteroatoms. The molecule has 5 nitrogen and oxygen atoms in total. The molecule has 2 rings (SSSR count). The van der Waals surface area contributed by atoms with Crippen molar-refractivity contribution in [3.05, 3.63) is 29.4 Å². The molecule has 0 spiro atoms. The van der Waals surface area contributed by atoms with Crippen LogP contribution in [0, 0.1) is 4.77 Å². The zero-order valence-electron chi connectivity index (χ0n) is 8.93. The first kappa shape index (κ1) is 10.7. The Kier molecular flexibility index (Phi) is 2.91. The molecular weight excluding hydrogens is 226 g/mol. The minimum atomic E-state index is 0.583. The highest BCUT2D eigenvalue weighted by atomic mass is 32.1. The van der Waals surface area contributed by atoms with Crippen molar-refractivity contribution in [1.29, 1.82) is 0 Å². The van der Waals surface area contributed by atoms with Crippen LogP contribution in [0.1, 0.15) is 0 Å². The van der Waals surface area contributed by atoms with Gasteiger partial charge in [0.15, 0.2) is 16.3 Å². The predicted octanol–water partition coefficient (Wildman–Crippen LogP) is 1.95. The number of nitrogens with zero attached hydrogens (tertiary/aromatic N) is 2. The van der Waals surface area contributed by atoms with Crippen LogP contribution < -0.4 is 9.47 Å². The second-order valence-electron chi connectivity index (χ2n) is 3.03. The molecule has 2 aromatic heterocycles. The van der Waals surface area contributed by atoms with Gasteiger partial charge in [0.1, 0.15) is 5.82 Å². The SMILES string of the molecule is COc1cnc(-n2cc[nH]c2=S)cc1OC. The zero-order chi connectivity index (χ0) is 11.5. The van der Waals surface area contributed by atoms with E-state index in [-0.39, 0.29) is 0 Å². The molecule has 84 valence electrons. The van der Waals surface area contributed by atoms with E-state index in [1.54, 1.807) is 43.4 Å². The topological polar surface area (TPSA) is 52.1 Å². The maximum atomic E-state index is 5.19. The van der Waals surface area contributed by atoms with Gasteiger partial charge in [-0.25, -0.2) is 4.98 Å². The third-order valence-electron chi connectivity index (χ3n) is 2.15. The van der Waals surface area contributed by atoms with E-state index in [1.165, 1.54) is 0 Å². The third-order valence-corrected chi connectivity index (χ3v) is 2.47. The van der Waals surface area contributed by atoms with Crippen molar-refractivity contribution in [2.75, 3.05) is 14.2 Å². The number of nitrogens with one attached hydrogen (secondary N) is 1. The van der Waals surface area contributed by atoms with Gasteiger partial charge >= 0.3 is 0 Å². The second-order valence-corrected chi connectivity index (χ2v) is 3.42. The average molecular weight is 237 g/mol. The van der Waals surface area contributed by atoms with Crippen molar-refractivity contribution in [1.82, 2.24) is 14.5 Å². The summed E-state index contributed by atoms with van der Waals surface area (Å²) in [5, 5.41) is 0. The Labute approximate surface area is 97.7 Å². The van der Waals surface area contributed by atoms with Gasteiger partial charge in [-0.1, -0.05) is 0 Å². The number of rotatable bonds is 3. The smallest absolute Gasteiger partial charge is 0.182 e. The summed E-state index contributed by atoms with van der Waals surface area (Å²) in [7, 11) is 3.15. The lowest BCUT2D eigenvalue weighted by Gasteiger charge is -2.08. The maximum absolute atomic E-state index is 5.19. The molecule has 0 amide bonds. The van der Waals surface area contributed by atoms with Gasteiger partial charge in [-0.3, -0.25) is 4.57 Å². The minimum absolute atomic E-state index is 0.583. The van der Waals surface area contributed by atoms with Gasteiger partial charge in [0.25, 0.3) is 0 Å². The minimum Gasteiger partial charge on any atom is -0.493 e. The first-order chi connectivity index (χ1) is 7.76. The number of hydrogen-bond acceptors (Lipinski definition) is 4. The van der Waals surface area contributed by atoms with Crippen LogP contribution in [0.4, 0.5) is 0 Å². The molecule has 0 radical (unpaired) electrons. The van der Waals surface area contributed by atoms with E-state index in [1.807, 2.05) is 0 Å². The number of methoxy groups -OCH3 is 2. The van der Waals surface area contributed by atoms with E-state index in [4.69, 9.17) is 21.7 Å². The summed E-state index contributed by atoms with van der Waals surface area (Å²) in [5.41, 5.74) is 0. The van der Waals surface area contributed by atoms with Crippen LogP contribution in [-0.4, -0.2) is 28.8 Å². The Bertz CT molecular complexity index is 547. The number of imidazole rings is 1. The van der Waals surface area contributed by atoms with E-state index in [0.717, 1.165) is 0 Å². The van der Waals surface area contributed by atoms with Crippen LogP contribution in [0.15, 0.2) is 24.7 Å². The normalized spacial score (nSPS) is 10.1. The lowest BCUT2D eigenvalue weighted by Crippen LogP contribution is -1.99. The summed E-state index contributed by atoms with van der Waals surface area (Å²) in [6, 6.07) is 1.77. The molecule has 0 bridgehead atoms.